The first kappa shape index (κ1) is 44.0. The molecule has 5 amide bonds. The zero-order chi connectivity index (χ0) is 42.1. The Morgan fingerprint density at radius 2 is 1.02 bits per heavy atom. The van der Waals surface area contributed by atoms with E-state index >= 15 is 0 Å². The summed E-state index contributed by atoms with van der Waals surface area (Å²) in [5, 5.41) is 12.7. The van der Waals surface area contributed by atoms with Gasteiger partial charge in [0.1, 0.15) is 24.2 Å². The second kappa shape index (κ2) is 22.2. The molecule has 0 aliphatic carbocycles. The molecule has 0 spiro atoms. The number of likely N-dealkylation sites (N-methyl/N-ethyl adjacent to an activating group) is 1. The summed E-state index contributed by atoms with van der Waals surface area (Å²) in [6.07, 6.45) is 3.35. The normalized spacial score (nSPS) is 13.2. The maximum absolute atomic E-state index is 14.6. The van der Waals surface area contributed by atoms with Gasteiger partial charge in [-0.2, -0.15) is 0 Å². The lowest BCUT2D eigenvalue weighted by Gasteiger charge is -2.30. The van der Waals surface area contributed by atoms with Crippen LogP contribution in [0.25, 0.3) is 21.5 Å². The first-order chi connectivity index (χ1) is 28.6. The monoisotopic (exact) mass is 805 g/mol. The van der Waals surface area contributed by atoms with E-state index in [1.165, 1.54) is 4.90 Å². The van der Waals surface area contributed by atoms with Gasteiger partial charge in [0.25, 0.3) is 0 Å². The van der Waals surface area contributed by atoms with Crippen LogP contribution in [-0.2, 0) is 43.2 Å². The molecule has 0 bridgehead atoms. The summed E-state index contributed by atoms with van der Waals surface area (Å²) in [4.78, 5) is 70.6. The number of carbonyl (C=O) groups is 5. The van der Waals surface area contributed by atoms with E-state index in [1.54, 1.807) is 7.05 Å². The van der Waals surface area contributed by atoms with Crippen molar-refractivity contribution >= 4 is 51.1 Å². The largest absolute Gasteiger partial charge is 0.368 e. The maximum atomic E-state index is 14.6. The fourth-order valence-corrected chi connectivity index (χ4v) is 7.23. The molecule has 0 fully saturated rings. The van der Waals surface area contributed by atoms with E-state index in [1.807, 2.05) is 115 Å². The highest BCUT2D eigenvalue weighted by atomic mass is 16.2. The molecule has 0 aliphatic heterocycles. The first-order valence-electron chi connectivity index (χ1n) is 20.4. The quantitative estimate of drug-likeness (QED) is 0.0540. The Labute approximate surface area is 350 Å². The van der Waals surface area contributed by atoms with Gasteiger partial charge in [-0.15, -0.1) is 0 Å². The van der Waals surface area contributed by atoms with Crippen molar-refractivity contribution in [1.29, 1.82) is 0 Å². The third-order valence-electron chi connectivity index (χ3n) is 10.7. The van der Waals surface area contributed by atoms with Crippen LogP contribution in [0, 0.1) is 0 Å². The van der Waals surface area contributed by atoms with Gasteiger partial charge < -0.3 is 38.1 Å². The maximum Gasteiger partial charge on any atom is 0.243 e. The van der Waals surface area contributed by atoms with Gasteiger partial charge in [-0.1, -0.05) is 115 Å². The molecule has 0 aromatic heterocycles. The number of primary amides is 1. The van der Waals surface area contributed by atoms with Gasteiger partial charge in [0.05, 0.1) is 0 Å². The predicted molar refractivity (Wildman–Crippen MR) is 239 cm³/mol. The summed E-state index contributed by atoms with van der Waals surface area (Å²) in [7, 11) is 1.61. The highest BCUT2D eigenvalue weighted by molar-refractivity contribution is 5.96. The van der Waals surface area contributed by atoms with E-state index < -0.39 is 47.8 Å². The van der Waals surface area contributed by atoms with Crippen LogP contribution < -0.4 is 33.2 Å². The average Bonchev–Trinajstić information content (AvgIpc) is 3.24. The van der Waals surface area contributed by atoms with Crippen molar-refractivity contribution in [3.05, 3.63) is 132 Å². The van der Waals surface area contributed by atoms with Crippen molar-refractivity contribution in [2.45, 2.75) is 82.0 Å². The van der Waals surface area contributed by atoms with Crippen LogP contribution >= 0.6 is 0 Å². The molecule has 5 aromatic rings. The van der Waals surface area contributed by atoms with Crippen LogP contribution in [0.5, 0.6) is 0 Å². The summed E-state index contributed by atoms with van der Waals surface area (Å²) in [6.45, 7) is 0.877. The number of hydrogen-bond acceptors (Lipinski definition) is 7. The lowest BCUT2D eigenvalue weighted by molar-refractivity contribution is -0.140. The molecule has 0 radical (unpaired) electrons. The molecule has 59 heavy (non-hydrogen) atoms. The van der Waals surface area contributed by atoms with E-state index in [9.17, 15) is 24.0 Å². The molecule has 316 valence electrons. The summed E-state index contributed by atoms with van der Waals surface area (Å²) in [6, 6.07) is 32.5. The first-order valence-corrected chi connectivity index (χ1v) is 20.4. The standard InChI is InChI=1S/C47H57N7O5.3H2/c1-54(43(55)20-10-12-26-49)42(31-34-22-24-36-16-6-8-18-38(36)28-34)47(59)53-41(30-33-21-23-35-15-5-7-17-37(35)27-33)46(58)52-40(29-32-13-3-2-4-14-32)45(57)51-39(44(50)56)19-9-11-25-48;;;/h2-8,13-18,21-24,27-28,39-42H,9-12,19-20,25-26,29-31,48-49H2,1H3,(H2,50,56)(H,51,57)(H,52,58)(H,53,59);3*1H/t39?,40-,41+,42?;;;/m0.../s1. The Hall–Kier alpha value is -6.11. The van der Waals surface area contributed by atoms with Crippen molar-refractivity contribution in [2.75, 3.05) is 20.1 Å². The number of unbranched alkanes of at least 4 members (excludes halogenated alkanes) is 2. The number of fused-ring (bicyclic) bond motifs is 2. The van der Waals surface area contributed by atoms with Gasteiger partial charge >= 0.3 is 0 Å². The number of nitrogens with one attached hydrogen (secondary N) is 3. The summed E-state index contributed by atoms with van der Waals surface area (Å²) in [5.41, 5.74) is 19.4. The Morgan fingerprint density at radius 1 is 0.542 bits per heavy atom. The van der Waals surface area contributed by atoms with Crippen molar-refractivity contribution in [2.24, 2.45) is 17.2 Å². The molecule has 0 saturated carbocycles. The molecule has 0 heterocycles. The highest BCUT2D eigenvalue weighted by Gasteiger charge is 2.33. The van der Waals surface area contributed by atoms with Crippen LogP contribution in [0.2, 0.25) is 0 Å². The number of nitrogens with zero attached hydrogens (tertiary/aromatic N) is 1. The summed E-state index contributed by atoms with van der Waals surface area (Å²) < 4.78 is 0. The minimum Gasteiger partial charge on any atom is -0.368 e. The molecule has 9 N–H and O–H groups in total. The number of nitrogens with two attached hydrogens (primary N) is 3. The zero-order valence-electron chi connectivity index (χ0n) is 33.8. The minimum atomic E-state index is -1.16. The van der Waals surface area contributed by atoms with Crippen molar-refractivity contribution in [1.82, 2.24) is 20.9 Å². The van der Waals surface area contributed by atoms with E-state index in [2.05, 4.69) is 16.0 Å². The molecule has 12 heteroatoms. The molecule has 0 saturated heterocycles. The number of carbonyl (C=O) groups excluding carboxylic acids is 5. The Morgan fingerprint density at radius 3 is 1.58 bits per heavy atom. The van der Waals surface area contributed by atoms with Gasteiger partial charge in [0.15, 0.2) is 0 Å². The van der Waals surface area contributed by atoms with Crippen LogP contribution in [0.1, 0.15) is 59.5 Å². The second-order valence-corrected chi connectivity index (χ2v) is 15.1. The molecule has 5 rings (SSSR count). The average molecular weight is 806 g/mol. The molecular formula is C47H63N7O5. The van der Waals surface area contributed by atoms with Gasteiger partial charge in [-0.25, -0.2) is 0 Å². The molecular weight excluding hydrogens is 743 g/mol. The predicted octanol–water partition coefficient (Wildman–Crippen LogP) is 4.78. The molecule has 0 aliphatic rings. The third-order valence-corrected chi connectivity index (χ3v) is 10.7. The lowest BCUT2D eigenvalue weighted by atomic mass is 9.98. The lowest BCUT2D eigenvalue weighted by Crippen LogP contribution is -2.59. The van der Waals surface area contributed by atoms with Crippen molar-refractivity contribution in [3.63, 3.8) is 0 Å². The second-order valence-electron chi connectivity index (χ2n) is 15.1. The highest BCUT2D eigenvalue weighted by Crippen LogP contribution is 2.20. The summed E-state index contributed by atoms with van der Waals surface area (Å²) >= 11 is 0. The molecule has 4 atom stereocenters. The minimum absolute atomic E-state index is 0. The fourth-order valence-electron chi connectivity index (χ4n) is 7.23. The van der Waals surface area contributed by atoms with Gasteiger partial charge in [0, 0.05) is 37.0 Å². The SMILES string of the molecule is CN(C(=O)CCCCN)C(Cc1ccc2ccccc2c1)C(=O)N[C@H](Cc1ccc2ccccc2c1)C(=O)N[C@@H](Cc1ccccc1)C(=O)NC(CCCCN)C(N)=O.[HH].[HH].[HH]. The number of rotatable bonds is 22. The van der Waals surface area contributed by atoms with Gasteiger partial charge in [-0.05, 0) is 83.4 Å². The smallest absolute Gasteiger partial charge is 0.243 e. The Balaban J connectivity index is 0.00000441. The van der Waals surface area contributed by atoms with Crippen molar-refractivity contribution in [3.8, 4) is 0 Å². The fraction of sp³-hybridized carbons (Fsp3) is 0.340. The summed E-state index contributed by atoms with van der Waals surface area (Å²) in [5.74, 6) is -2.63. The van der Waals surface area contributed by atoms with Gasteiger partial charge in [-0.3, -0.25) is 24.0 Å². The Bertz CT molecular complexity index is 2210. The number of hydrogen-bond donors (Lipinski definition) is 6. The van der Waals surface area contributed by atoms with Gasteiger partial charge in [0.2, 0.25) is 29.5 Å². The van der Waals surface area contributed by atoms with E-state index in [-0.39, 0.29) is 35.9 Å². The van der Waals surface area contributed by atoms with E-state index in [0.29, 0.717) is 45.2 Å². The van der Waals surface area contributed by atoms with Crippen LogP contribution in [0.15, 0.2) is 115 Å². The van der Waals surface area contributed by atoms with Crippen LogP contribution in [-0.4, -0.2) is 78.7 Å². The number of amides is 5. The molecule has 5 aromatic carbocycles. The Kier molecular flexibility index (Phi) is 16.5. The molecule has 2 unspecified atom stereocenters. The number of benzene rings is 5. The van der Waals surface area contributed by atoms with Crippen LogP contribution in [0.3, 0.4) is 0 Å². The van der Waals surface area contributed by atoms with Crippen LogP contribution in [0.4, 0.5) is 0 Å². The van der Waals surface area contributed by atoms with E-state index in [4.69, 9.17) is 17.2 Å². The topological polar surface area (TPSA) is 203 Å². The third kappa shape index (κ3) is 12.9. The molecule has 12 nitrogen and oxygen atoms in total. The zero-order valence-corrected chi connectivity index (χ0v) is 33.8. The van der Waals surface area contributed by atoms with Crippen molar-refractivity contribution < 1.29 is 28.3 Å². The van der Waals surface area contributed by atoms with E-state index in [0.717, 1.165) is 38.2 Å².